The summed E-state index contributed by atoms with van der Waals surface area (Å²) < 4.78 is 11.0. The van der Waals surface area contributed by atoms with Gasteiger partial charge >= 0.3 is 0 Å². The van der Waals surface area contributed by atoms with Crippen molar-refractivity contribution in [3.8, 4) is 0 Å². The van der Waals surface area contributed by atoms with Crippen molar-refractivity contribution in [3.63, 3.8) is 0 Å². The van der Waals surface area contributed by atoms with Crippen LogP contribution in [0.5, 0.6) is 0 Å². The summed E-state index contributed by atoms with van der Waals surface area (Å²) in [4.78, 5) is 8.41. The highest BCUT2D eigenvalue weighted by Gasteiger charge is 2.34. The first-order valence-corrected chi connectivity index (χ1v) is 6.07. The van der Waals surface area contributed by atoms with E-state index in [0.29, 0.717) is 13.2 Å². The van der Waals surface area contributed by atoms with Crippen LogP contribution in [0.15, 0.2) is 6.33 Å². The summed E-state index contributed by atoms with van der Waals surface area (Å²) in [5, 5.41) is 6.37. The van der Waals surface area contributed by atoms with Crippen molar-refractivity contribution in [2.75, 3.05) is 44.5 Å². The zero-order valence-electron chi connectivity index (χ0n) is 11.1. The van der Waals surface area contributed by atoms with Gasteiger partial charge in [0.05, 0.1) is 6.61 Å². The molecule has 1 atom stereocenters. The van der Waals surface area contributed by atoms with E-state index in [4.69, 9.17) is 9.47 Å². The molecule has 0 amide bonds. The van der Waals surface area contributed by atoms with E-state index >= 15 is 0 Å². The van der Waals surface area contributed by atoms with Crippen molar-refractivity contribution in [2.45, 2.75) is 18.9 Å². The van der Waals surface area contributed by atoms with Gasteiger partial charge in [0.2, 0.25) is 0 Å². The highest BCUT2D eigenvalue weighted by molar-refractivity contribution is 5.56. The lowest BCUT2D eigenvalue weighted by atomic mass is 10.0. The maximum absolute atomic E-state index is 5.57. The molecule has 18 heavy (non-hydrogen) atoms. The Morgan fingerprint density at radius 2 is 2.22 bits per heavy atom. The van der Waals surface area contributed by atoms with Gasteiger partial charge < -0.3 is 20.1 Å². The van der Waals surface area contributed by atoms with E-state index in [0.717, 1.165) is 30.2 Å². The van der Waals surface area contributed by atoms with E-state index in [1.807, 2.05) is 14.0 Å². The minimum atomic E-state index is -0.239. The molecule has 0 aromatic carbocycles. The van der Waals surface area contributed by atoms with E-state index in [-0.39, 0.29) is 5.60 Å². The van der Waals surface area contributed by atoms with Crippen LogP contribution < -0.4 is 10.6 Å². The molecule has 1 unspecified atom stereocenters. The minimum Gasteiger partial charge on any atom is -0.378 e. The third-order valence-electron chi connectivity index (χ3n) is 3.40. The molecule has 2 rings (SSSR count). The fourth-order valence-electron chi connectivity index (χ4n) is 2.09. The van der Waals surface area contributed by atoms with Gasteiger partial charge in [-0.15, -0.1) is 0 Å². The second-order valence-electron chi connectivity index (χ2n) is 4.49. The summed E-state index contributed by atoms with van der Waals surface area (Å²) in [6.07, 6.45) is 2.45. The SMILES string of the molecule is CNc1ncnc(NCC2(OC)CCOC2)c1C. The van der Waals surface area contributed by atoms with Gasteiger partial charge in [-0.2, -0.15) is 0 Å². The minimum absolute atomic E-state index is 0.239. The van der Waals surface area contributed by atoms with Crippen molar-refractivity contribution < 1.29 is 9.47 Å². The Kier molecular flexibility index (Phi) is 3.98. The Morgan fingerprint density at radius 1 is 1.44 bits per heavy atom. The fourth-order valence-corrected chi connectivity index (χ4v) is 2.09. The zero-order valence-corrected chi connectivity index (χ0v) is 11.1. The van der Waals surface area contributed by atoms with Crippen LogP contribution in [-0.2, 0) is 9.47 Å². The molecule has 0 radical (unpaired) electrons. The second-order valence-corrected chi connectivity index (χ2v) is 4.49. The van der Waals surface area contributed by atoms with Crippen molar-refractivity contribution in [1.82, 2.24) is 9.97 Å². The standard InChI is InChI=1S/C12H20N4O2/c1-9-10(13-2)15-8-16-11(9)14-6-12(17-3)4-5-18-7-12/h8H,4-7H2,1-3H3,(H2,13,14,15,16). The fraction of sp³-hybridized carbons (Fsp3) is 0.667. The number of ether oxygens (including phenoxy) is 2. The average molecular weight is 252 g/mol. The van der Waals surface area contributed by atoms with Crippen molar-refractivity contribution in [3.05, 3.63) is 11.9 Å². The quantitative estimate of drug-likeness (QED) is 0.816. The number of aromatic nitrogens is 2. The number of hydrogen-bond acceptors (Lipinski definition) is 6. The number of nitrogens with one attached hydrogen (secondary N) is 2. The van der Waals surface area contributed by atoms with Crippen LogP contribution in [0.25, 0.3) is 0 Å². The molecule has 1 aliphatic rings. The number of rotatable bonds is 5. The molecule has 0 bridgehead atoms. The maximum atomic E-state index is 5.57. The van der Waals surface area contributed by atoms with E-state index in [9.17, 15) is 0 Å². The normalized spacial score (nSPS) is 23.1. The lowest BCUT2D eigenvalue weighted by molar-refractivity contribution is -0.00626. The predicted octanol–water partition coefficient (Wildman–Crippen LogP) is 1.04. The zero-order chi connectivity index (χ0) is 13.0. The van der Waals surface area contributed by atoms with Crippen LogP contribution >= 0.6 is 0 Å². The molecular formula is C12H20N4O2. The van der Waals surface area contributed by atoms with Crippen LogP contribution in [0, 0.1) is 6.92 Å². The molecule has 1 saturated heterocycles. The Hall–Kier alpha value is -1.40. The molecule has 2 heterocycles. The molecule has 0 aliphatic carbocycles. The monoisotopic (exact) mass is 252 g/mol. The van der Waals surface area contributed by atoms with Crippen LogP contribution in [0.1, 0.15) is 12.0 Å². The first-order chi connectivity index (χ1) is 8.71. The van der Waals surface area contributed by atoms with Gasteiger partial charge in [0.15, 0.2) is 0 Å². The van der Waals surface area contributed by atoms with Gasteiger partial charge in [-0.3, -0.25) is 0 Å². The van der Waals surface area contributed by atoms with E-state index < -0.39 is 0 Å². The first-order valence-electron chi connectivity index (χ1n) is 6.07. The molecule has 1 aromatic rings. The third-order valence-corrected chi connectivity index (χ3v) is 3.40. The Labute approximate surface area is 107 Å². The number of methoxy groups -OCH3 is 1. The number of nitrogens with zero attached hydrogens (tertiary/aromatic N) is 2. The van der Waals surface area contributed by atoms with Gasteiger partial charge in [-0.05, 0) is 6.92 Å². The molecule has 6 heteroatoms. The molecule has 100 valence electrons. The summed E-state index contributed by atoms with van der Waals surface area (Å²) in [5.41, 5.74) is 0.766. The van der Waals surface area contributed by atoms with Gasteiger partial charge in [-0.1, -0.05) is 0 Å². The summed E-state index contributed by atoms with van der Waals surface area (Å²) in [5.74, 6) is 1.67. The van der Waals surface area contributed by atoms with Crippen LogP contribution in [0.3, 0.4) is 0 Å². The van der Waals surface area contributed by atoms with Crippen LogP contribution in [-0.4, -0.2) is 49.5 Å². The smallest absolute Gasteiger partial charge is 0.134 e. The van der Waals surface area contributed by atoms with E-state index in [1.54, 1.807) is 13.4 Å². The summed E-state index contributed by atoms with van der Waals surface area (Å²) >= 11 is 0. The van der Waals surface area contributed by atoms with Crippen LogP contribution in [0.4, 0.5) is 11.6 Å². The number of hydrogen-bond donors (Lipinski definition) is 2. The van der Waals surface area contributed by atoms with Crippen molar-refractivity contribution >= 4 is 11.6 Å². The highest BCUT2D eigenvalue weighted by Crippen LogP contribution is 2.24. The Balaban J connectivity index is 2.05. The molecule has 1 fully saturated rings. The van der Waals surface area contributed by atoms with Crippen LogP contribution in [0.2, 0.25) is 0 Å². The van der Waals surface area contributed by atoms with Crippen molar-refractivity contribution in [2.24, 2.45) is 0 Å². The molecular weight excluding hydrogens is 232 g/mol. The summed E-state index contributed by atoms with van der Waals surface area (Å²) in [6, 6.07) is 0. The van der Waals surface area contributed by atoms with Gasteiger partial charge in [0.25, 0.3) is 0 Å². The highest BCUT2D eigenvalue weighted by atomic mass is 16.5. The first kappa shape index (κ1) is 13.0. The van der Waals surface area contributed by atoms with Gasteiger partial charge in [-0.25, -0.2) is 9.97 Å². The summed E-state index contributed by atoms with van der Waals surface area (Å²) in [7, 11) is 3.57. The van der Waals surface area contributed by atoms with Gasteiger partial charge in [0.1, 0.15) is 23.6 Å². The largest absolute Gasteiger partial charge is 0.378 e. The Morgan fingerprint density at radius 3 is 2.83 bits per heavy atom. The Bertz CT molecular complexity index is 405. The van der Waals surface area contributed by atoms with E-state index in [2.05, 4.69) is 20.6 Å². The molecule has 1 aromatic heterocycles. The molecule has 0 spiro atoms. The molecule has 6 nitrogen and oxygen atoms in total. The topological polar surface area (TPSA) is 68.3 Å². The lowest BCUT2D eigenvalue weighted by Crippen LogP contribution is -2.39. The van der Waals surface area contributed by atoms with Gasteiger partial charge in [0, 0.05) is 39.3 Å². The molecule has 0 saturated carbocycles. The van der Waals surface area contributed by atoms with Crippen molar-refractivity contribution in [1.29, 1.82) is 0 Å². The van der Waals surface area contributed by atoms with E-state index in [1.165, 1.54) is 0 Å². The predicted molar refractivity (Wildman–Crippen MR) is 70.0 cm³/mol. The number of anilines is 2. The maximum Gasteiger partial charge on any atom is 0.134 e. The third kappa shape index (κ3) is 2.54. The second kappa shape index (κ2) is 5.49. The summed E-state index contributed by atoms with van der Waals surface area (Å²) in [6.45, 7) is 4.04. The average Bonchev–Trinajstić information content (AvgIpc) is 2.87. The molecule has 2 N–H and O–H groups in total. The molecule has 1 aliphatic heterocycles. The lowest BCUT2D eigenvalue weighted by Gasteiger charge is -2.26.